The fourth-order valence-electron chi connectivity index (χ4n) is 2.95. The fourth-order valence-corrected chi connectivity index (χ4v) is 3.16. The molecule has 7 nitrogen and oxygen atoms in total. The molecular formula is C18H10ClN3O4. The number of carbonyl (C=O) groups excluding carboxylic acids is 2. The molecule has 0 saturated heterocycles. The molecular weight excluding hydrogens is 358 g/mol. The lowest BCUT2D eigenvalue weighted by atomic mass is 10.1. The number of imide groups is 1. The van der Waals surface area contributed by atoms with Crippen molar-refractivity contribution in [2.45, 2.75) is 6.54 Å². The van der Waals surface area contributed by atoms with Crippen LogP contribution < -0.4 is 0 Å². The van der Waals surface area contributed by atoms with Crippen LogP contribution in [0.1, 0.15) is 26.3 Å². The summed E-state index contributed by atoms with van der Waals surface area (Å²) in [6.45, 7) is -0.0587. The van der Waals surface area contributed by atoms with Gasteiger partial charge in [-0.25, -0.2) is 4.98 Å². The van der Waals surface area contributed by atoms with E-state index in [9.17, 15) is 19.7 Å². The third kappa shape index (κ3) is 2.49. The highest BCUT2D eigenvalue weighted by Crippen LogP contribution is 2.29. The first-order valence-corrected chi connectivity index (χ1v) is 8.02. The van der Waals surface area contributed by atoms with Crippen molar-refractivity contribution >= 4 is 40.0 Å². The van der Waals surface area contributed by atoms with Crippen LogP contribution in [0, 0.1) is 10.1 Å². The van der Waals surface area contributed by atoms with Crippen molar-refractivity contribution in [3.8, 4) is 0 Å². The lowest BCUT2D eigenvalue weighted by Gasteiger charge is -2.15. The summed E-state index contributed by atoms with van der Waals surface area (Å²) in [4.78, 5) is 40.7. The Bertz CT molecular complexity index is 1110. The standard InChI is InChI=1S/C18H10ClN3O4/c19-16-11(7-10-3-1-2-4-15(10)20-16)9-21-17(23)13-6-5-12(22(25)26)8-14(13)18(21)24/h1-8H,9H2. The minimum atomic E-state index is -0.606. The number of nitrogens with zero attached hydrogens (tertiary/aromatic N) is 3. The Labute approximate surface area is 152 Å². The van der Waals surface area contributed by atoms with Crippen LogP contribution in [-0.2, 0) is 6.54 Å². The Morgan fingerprint density at radius 3 is 2.54 bits per heavy atom. The van der Waals surface area contributed by atoms with Crippen LogP contribution in [0.2, 0.25) is 5.15 Å². The largest absolute Gasteiger partial charge is 0.270 e. The van der Waals surface area contributed by atoms with Crippen molar-refractivity contribution in [2.75, 3.05) is 0 Å². The number of para-hydroxylation sites is 1. The van der Waals surface area contributed by atoms with Crippen LogP contribution >= 0.6 is 11.6 Å². The zero-order valence-corrected chi connectivity index (χ0v) is 13.9. The van der Waals surface area contributed by atoms with Crippen LogP contribution in [0.4, 0.5) is 5.69 Å². The summed E-state index contributed by atoms with van der Waals surface area (Å²) in [5.41, 5.74) is 1.16. The average molecular weight is 368 g/mol. The van der Waals surface area contributed by atoms with E-state index >= 15 is 0 Å². The first-order valence-electron chi connectivity index (χ1n) is 7.64. The summed E-state index contributed by atoms with van der Waals surface area (Å²) in [6, 6.07) is 12.8. The summed E-state index contributed by atoms with van der Waals surface area (Å²) in [7, 11) is 0. The van der Waals surface area contributed by atoms with Crippen LogP contribution in [0.3, 0.4) is 0 Å². The summed E-state index contributed by atoms with van der Waals surface area (Å²) in [6.07, 6.45) is 0. The van der Waals surface area contributed by atoms with Crippen LogP contribution in [0.15, 0.2) is 48.5 Å². The maximum Gasteiger partial charge on any atom is 0.270 e. The lowest BCUT2D eigenvalue weighted by molar-refractivity contribution is -0.384. The molecule has 0 spiro atoms. The van der Waals surface area contributed by atoms with Crippen molar-refractivity contribution in [1.29, 1.82) is 0 Å². The Balaban J connectivity index is 1.71. The molecule has 1 aliphatic heterocycles. The van der Waals surface area contributed by atoms with Gasteiger partial charge in [-0.2, -0.15) is 0 Å². The molecule has 3 aromatic rings. The Morgan fingerprint density at radius 2 is 1.77 bits per heavy atom. The summed E-state index contributed by atoms with van der Waals surface area (Å²) in [5.74, 6) is -1.10. The van der Waals surface area contributed by atoms with Gasteiger partial charge in [-0.1, -0.05) is 29.8 Å². The number of nitro groups is 1. The number of nitro benzene ring substituents is 1. The zero-order valence-electron chi connectivity index (χ0n) is 13.2. The average Bonchev–Trinajstić information content (AvgIpc) is 2.86. The highest BCUT2D eigenvalue weighted by molar-refractivity contribution is 6.30. The number of amides is 2. The van der Waals surface area contributed by atoms with Crippen molar-refractivity contribution in [3.63, 3.8) is 0 Å². The van der Waals surface area contributed by atoms with E-state index in [-0.39, 0.29) is 28.5 Å². The number of fused-ring (bicyclic) bond motifs is 2. The molecule has 0 radical (unpaired) electrons. The Hall–Kier alpha value is -3.32. The molecule has 0 bridgehead atoms. The van der Waals surface area contributed by atoms with Crippen LogP contribution in [0.25, 0.3) is 10.9 Å². The Morgan fingerprint density at radius 1 is 1.04 bits per heavy atom. The molecule has 2 amide bonds. The molecule has 26 heavy (non-hydrogen) atoms. The van der Waals surface area contributed by atoms with Gasteiger partial charge in [0.25, 0.3) is 17.5 Å². The smallest absolute Gasteiger partial charge is 0.270 e. The molecule has 8 heteroatoms. The lowest BCUT2D eigenvalue weighted by Crippen LogP contribution is -2.29. The van der Waals surface area contributed by atoms with Crippen molar-refractivity contribution in [1.82, 2.24) is 9.88 Å². The van der Waals surface area contributed by atoms with Crippen molar-refractivity contribution in [2.24, 2.45) is 0 Å². The second-order valence-electron chi connectivity index (χ2n) is 5.81. The van der Waals surface area contributed by atoms with Crippen molar-refractivity contribution < 1.29 is 14.5 Å². The van der Waals surface area contributed by atoms with E-state index in [2.05, 4.69) is 4.98 Å². The molecule has 1 aromatic heterocycles. The SMILES string of the molecule is O=C1c2ccc([N+](=O)[O-])cc2C(=O)N1Cc1cc2ccccc2nc1Cl. The molecule has 0 aliphatic carbocycles. The highest BCUT2D eigenvalue weighted by Gasteiger charge is 2.37. The van der Waals surface area contributed by atoms with Crippen molar-refractivity contribution in [3.05, 3.63) is 80.5 Å². The normalized spacial score (nSPS) is 13.3. The second kappa shape index (κ2) is 5.89. The van der Waals surface area contributed by atoms with Gasteiger partial charge < -0.3 is 0 Å². The van der Waals surface area contributed by atoms with Gasteiger partial charge in [-0.05, 0) is 18.2 Å². The second-order valence-corrected chi connectivity index (χ2v) is 6.17. The number of rotatable bonds is 3. The number of hydrogen-bond acceptors (Lipinski definition) is 5. The fraction of sp³-hybridized carbons (Fsp3) is 0.0556. The minimum absolute atomic E-state index is 0.0223. The molecule has 0 atom stereocenters. The molecule has 1 aliphatic rings. The van der Waals surface area contributed by atoms with Gasteiger partial charge in [0, 0.05) is 23.1 Å². The number of non-ortho nitro benzene ring substituents is 1. The van der Waals surface area contributed by atoms with Gasteiger partial charge in [0.05, 0.1) is 28.1 Å². The molecule has 0 unspecified atom stereocenters. The summed E-state index contributed by atoms with van der Waals surface area (Å²) >= 11 is 6.21. The van der Waals surface area contributed by atoms with Gasteiger partial charge in [0.2, 0.25) is 0 Å². The van der Waals surface area contributed by atoms with Crippen LogP contribution in [-0.4, -0.2) is 26.6 Å². The Kier molecular flexibility index (Phi) is 3.66. The van der Waals surface area contributed by atoms with E-state index in [1.807, 2.05) is 24.3 Å². The molecule has 0 fully saturated rings. The molecule has 2 aromatic carbocycles. The molecule has 0 N–H and O–H groups in total. The number of carbonyl (C=O) groups is 2. The minimum Gasteiger partial charge on any atom is -0.270 e. The molecule has 128 valence electrons. The number of benzene rings is 2. The monoisotopic (exact) mass is 367 g/mol. The van der Waals surface area contributed by atoms with E-state index in [1.54, 1.807) is 6.07 Å². The number of pyridine rings is 1. The first-order chi connectivity index (χ1) is 12.5. The third-order valence-electron chi connectivity index (χ3n) is 4.24. The van der Waals surface area contributed by atoms with E-state index in [4.69, 9.17) is 11.6 Å². The topological polar surface area (TPSA) is 93.4 Å². The van der Waals surface area contributed by atoms with Crippen LogP contribution in [0.5, 0.6) is 0 Å². The summed E-state index contributed by atoms with van der Waals surface area (Å²) in [5, 5.41) is 11.9. The highest BCUT2D eigenvalue weighted by atomic mass is 35.5. The molecule has 4 rings (SSSR count). The number of aromatic nitrogens is 1. The number of hydrogen-bond donors (Lipinski definition) is 0. The van der Waals surface area contributed by atoms with Gasteiger partial charge in [-0.3, -0.25) is 24.6 Å². The van der Waals surface area contributed by atoms with Gasteiger partial charge in [-0.15, -0.1) is 0 Å². The molecule has 0 saturated carbocycles. The van der Waals surface area contributed by atoms with E-state index < -0.39 is 16.7 Å². The maximum atomic E-state index is 12.6. The van der Waals surface area contributed by atoms with Gasteiger partial charge in [0.15, 0.2) is 0 Å². The van der Waals surface area contributed by atoms with E-state index in [0.29, 0.717) is 11.1 Å². The van der Waals surface area contributed by atoms with Gasteiger partial charge in [0.1, 0.15) is 5.15 Å². The zero-order chi connectivity index (χ0) is 18.4. The maximum absolute atomic E-state index is 12.6. The predicted molar refractivity (Wildman–Crippen MR) is 94.1 cm³/mol. The quantitative estimate of drug-likeness (QED) is 0.305. The number of halogens is 1. The van der Waals surface area contributed by atoms with E-state index in [1.165, 1.54) is 12.1 Å². The van der Waals surface area contributed by atoms with E-state index in [0.717, 1.165) is 16.4 Å². The predicted octanol–water partition coefficient (Wildman–Crippen LogP) is 3.59. The molecule has 2 heterocycles. The third-order valence-corrected chi connectivity index (χ3v) is 4.57. The van der Waals surface area contributed by atoms with Gasteiger partial charge >= 0.3 is 0 Å². The first kappa shape index (κ1) is 16.2. The summed E-state index contributed by atoms with van der Waals surface area (Å²) < 4.78 is 0.